The minimum atomic E-state index is -0.405. The van der Waals surface area contributed by atoms with Gasteiger partial charge in [-0.2, -0.15) is 4.98 Å². The fourth-order valence-electron chi connectivity index (χ4n) is 4.13. The Hall–Kier alpha value is -1.79. The Labute approximate surface area is 147 Å². The Morgan fingerprint density at radius 2 is 2.12 bits per heavy atom. The van der Waals surface area contributed by atoms with Crippen molar-refractivity contribution in [1.82, 2.24) is 15.0 Å². The highest BCUT2D eigenvalue weighted by molar-refractivity contribution is 5.16. The van der Waals surface area contributed by atoms with Crippen LogP contribution in [0.25, 0.3) is 0 Å². The van der Waals surface area contributed by atoms with Crippen LogP contribution in [-0.4, -0.2) is 28.1 Å². The predicted octanol–water partition coefficient (Wildman–Crippen LogP) is 3.32. The Kier molecular flexibility index (Phi) is 4.56. The second-order valence-corrected chi connectivity index (χ2v) is 7.52. The molecule has 0 radical (unpaired) electrons. The number of benzene rings is 1. The first kappa shape index (κ1) is 16.7. The first-order valence-electron chi connectivity index (χ1n) is 9.22. The number of nitrogens with two attached hydrogens (primary N) is 1. The highest BCUT2D eigenvalue weighted by Crippen LogP contribution is 2.36. The van der Waals surface area contributed by atoms with Gasteiger partial charge in [-0.1, -0.05) is 30.1 Å². The van der Waals surface area contributed by atoms with Gasteiger partial charge in [0, 0.05) is 13.1 Å². The zero-order valence-electron chi connectivity index (χ0n) is 14.5. The molecular weight excluding hydrogens is 319 g/mol. The molecule has 1 aliphatic carbocycles. The van der Waals surface area contributed by atoms with Crippen LogP contribution < -0.4 is 5.73 Å². The number of nitrogens with zero attached hydrogens (tertiary/aromatic N) is 3. The summed E-state index contributed by atoms with van der Waals surface area (Å²) in [5.41, 5.74) is 7.03. The van der Waals surface area contributed by atoms with Gasteiger partial charge < -0.3 is 10.3 Å². The van der Waals surface area contributed by atoms with E-state index in [0.29, 0.717) is 11.7 Å². The second kappa shape index (κ2) is 6.84. The first-order chi connectivity index (χ1) is 12.1. The molecule has 1 aromatic carbocycles. The molecule has 2 aromatic rings. The predicted molar refractivity (Wildman–Crippen MR) is 92.3 cm³/mol. The van der Waals surface area contributed by atoms with Crippen molar-refractivity contribution in [3.63, 3.8) is 0 Å². The summed E-state index contributed by atoms with van der Waals surface area (Å²) in [6, 6.07) is 6.81. The largest absolute Gasteiger partial charge is 0.339 e. The number of likely N-dealkylation sites (tertiary alicyclic amines) is 1. The number of hydrogen-bond donors (Lipinski definition) is 1. The van der Waals surface area contributed by atoms with Crippen LogP contribution in [0.1, 0.15) is 61.7 Å². The van der Waals surface area contributed by atoms with Crippen molar-refractivity contribution in [2.45, 2.75) is 56.5 Å². The second-order valence-electron chi connectivity index (χ2n) is 7.52. The molecule has 2 aliphatic rings. The molecule has 1 aromatic heterocycles. The first-order valence-corrected chi connectivity index (χ1v) is 9.22. The lowest BCUT2D eigenvalue weighted by Gasteiger charge is -2.31. The van der Waals surface area contributed by atoms with Crippen molar-refractivity contribution in [1.29, 1.82) is 0 Å². The third kappa shape index (κ3) is 3.60. The highest BCUT2D eigenvalue weighted by atomic mass is 19.1. The van der Waals surface area contributed by atoms with Gasteiger partial charge in [0.2, 0.25) is 5.89 Å². The highest BCUT2D eigenvalue weighted by Gasteiger charge is 2.37. The number of hydrogen-bond acceptors (Lipinski definition) is 5. The van der Waals surface area contributed by atoms with E-state index in [-0.39, 0.29) is 11.7 Å². The van der Waals surface area contributed by atoms with Crippen LogP contribution in [0, 0.1) is 5.82 Å². The van der Waals surface area contributed by atoms with Gasteiger partial charge in [0.05, 0.1) is 11.5 Å². The summed E-state index contributed by atoms with van der Waals surface area (Å²) < 4.78 is 19.0. The van der Waals surface area contributed by atoms with Crippen molar-refractivity contribution >= 4 is 0 Å². The zero-order chi connectivity index (χ0) is 17.3. The van der Waals surface area contributed by atoms with Gasteiger partial charge in [-0.05, 0) is 49.9 Å². The van der Waals surface area contributed by atoms with Gasteiger partial charge in [-0.3, -0.25) is 4.90 Å². The average Bonchev–Trinajstić information content (AvgIpc) is 3.25. The van der Waals surface area contributed by atoms with E-state index in [4.69, 9.17) is 10.3 Å². The van der Waals surface area contributed by atoms with Crippen LogP contribution in [-0.2, 0) is 12.1 Å². The molecule has 0 spiro atoms. The molecule has 2 fully saturated rings. The minimum Gasteiger partial charge on any atom is -0.339 e. The van der Waals surface area contributed by atoms with Crippen LogP contribution in [0.4, 0.5) is 4.39 Å². The summed E-state index contributed by atoms with van der Waals surface area (Å²) in [4.78, 5) is 6.99. The molecule has 4 rings (SSSR count). The molecule has 1 aliphatic heterocycles. The maximum absolute atomic E-state index is 13.4. The van der Waals surface area contributed by atoms with E-state index in [2.05, 4.69) is 15.0 Å². The van der Waals surface area contributed by atoms with Crippen molar-refractivity contribution < 1.29 is 8.91 Å². The van der Waals surface area contributed by atoms with Crippen LogP contribution in [0.5, 0.6) is 0 Å². The fraction of sp³-hybridized carbons (Fsp3) is 0.579. The van der Waals surface area contributed by atoms with Crippen LogP contribution in [0.15, 0.2) is 28.8 Å². The van der Waals surface area contributed by atoms with Gasteiger partial charge in [0.1, 0.15) is 5.82 Å². The zero-order valence-corrected chi connectivity index (χ0v) is 14.5. The van der Waals surface area contributed by atoms with Gasteiger partial charge in [-0.25, -0.2) is 4.39 Å². The lowest BCUT2D eigenvalue weighted by Crippen LogP contribution is -2.35. The maximum atomic E-state index is 13.4. The molecule has 5 nitrogen and oxygen atoms in total. The van der Waals surface area contributed by atoms with E-state index < -0.39 is 5.54 Å². The molecule has 25 heavy (non-hydrogen) atoms. The summed E-state index contributed by atoms with van der Waals surface area (Å²) in [5, 5.41) is 4.19. The smallest absolute Gasteiger partial charge is 0.231 e. The van der Waals surface area contributed by atoms with Crippen LogP contribution >= 0.6 is 0 Å². The molecule has 134 valence electrons. The lowest BCUT2D eigenvalue weighted by molar-refractivity contribution is 0.180. The number of rotatable bonds is 4. The molecule has 6 heteroatoms. The molecule has 1 atom stereocenters. The lowest BCUT2D eigenvalue weighted by atomic mass is 9.96. The topological polar surface area (TPSA) is 68.2 Å². The summed E-state index contributed by atoms with van der Waals surface area (Å²) >= 11 is 0. The Bertz CT molecular complexity index is 726. The van der Waals surface area contributed by atoms with E-state index in [1.54, 1.807) is 12.1 Å². The van der Waals surface area contributed by atoms with Crippen molar-refractivity contribution in [3.8, 4) is 0 Å². The van der Waals surface area contributed by atoms with Crippen molar-refractivity contribution in [2.75, 3.05) is 13.1 Å². The third-order valence-corrected chi connectivity index (χ3v) is 5.53. The Balaban J connectivity index is 1.43. The van der Waals surface area contributed by atoms with E-state index in [0.717, 1.165) is 63.7 Å². The molecule has 2 N–H and O–H groups in total. The molecule has 0 amide bonds. The molecule has 0 bridgehead atoms. The Morgan fingerprint density at radius 1 is 1.28 bits per heavy atom. The van der Waals surface area contributed by atoms with Crippen LogP contribution in [0.2, 0.25) is 0 Å². The minimum absolute atomic E-state index is 0.183. The molecular formula is C19H25FN4O. The van der Waals surface area contributed by atoms with E-state index >= 15 is 0 Å². The fourth-order valence-corrected chi connectivity index (χ4v) is 4.13. The SMILES string of the molecule is NC1(c2noc(C3CCCN(Cc4cccc(F)c4)C3)n2)CCCC1. The van der Waals surface area contributed by atoms with Gasteiger partial charge in [0.25, 0.3) is 0 Å². The standard InChI is InChI=1S/C19H25FN4O/c20-16-7-3-5-14(11-16)12-24-10-4-6-15(13-24)17-22-18(23-25-17)19(21)8-1-2-9-19/h3,5,7,11,15H,1-2,4,6,8-10,12-13,21H2. The van der Waals surface area contributed by atoms with Gasteiger partial charge >= 0.3 is 0 Å². The van der Waals surface area contributed by atoms with Crippen LogP contribution in [0.3, 0.4) is 0 Å². The third-order valence-electron chi connectivity index (χ3n) is 5.53. The summed E-state index contributed by atoms with van der Waals surface area (Å²) in [5.74, 6) is 1.42. The average molecular weight is 344 g/mol. The number of halogens is 1. The summed E-state index contributed by atoms with van der Waals surface area (Å²) in [6.45, 7) is 2.61. The van der Waals surface area contributed by atoms with Gasteiger partial charge in [0.15, 0.2) is 5.82 Å². The molecule has 1 unspecified atom stereocenters. The summed E-state index contributed by atoms with van der Waals surface area (Å²) in [7, 11) is 0. The monoisotopic (exact) mass is 344 g/mol. The quantitative estimate of drug-likeness (QED) is 0.921. The van der Waals surface area contributed by atoms with Crippen molar-refractivity contribution in [2.24, 2.45) is 5.73 Å². The molecule has 1 saturated carbocycles. The van der Waals surface area contributed by atoms with E-state index in [1.807, 2.05) is 6.07 Å². The van der Waals surface area contributed by atoms with Gasteiger partial charge in [-0.15, -0.1) is 0 Å². The maximum Gasteiger partial charge on any atom is 0.231 e. The number of piperidine rings is 1. The Morgan fingerprint density at radius 3 is 2.92 bits per heavy atom. The molecule has 1 saturated heterocycles. The normalized spacial score (nSPS) is 23.8. The van der Waals surface area contributed by atoms with E-state index in [1.165, 1.54) is 6.07 Å². The van der Waals surface area contributed by atoms with E-state index in [9.17, 15) is 4.39 Å². The molecule has 2 heterocycles. The van der Waals surface area contributed by atoms with Crippen molar-refractivity contribution in [3.05, 3.63) is 47.4 Å². The summed E-state index contributed by atoms with van der Waals surface area (Å²) in [6.07, 6.45) is 6.24. The number of aromatic nitrogens is 2.